The van der Waals surface area contributed by atoms with Crippen LogP contribution in [0, 0.1) is 0 Å². The normalized spacial score (nSPS) is 10.6. The Kier molecular flexibility index (Phi) is 6.40. The number of nitrogens with one attached hydrogen (secondary N) is 1. The quantitative estimate of drug-likeness (QED) is 0.598. The van der Waals surface area contributed by atoms with Crippen LogP contribution >= 0.6 is 11.6 Å². The molecule has 1 amide bonds. The summed E-state index contributed by atoms with van der Waals surface area (Å²) in [5.74, 6) is -0.0169. The van der Waals surface area contributed by atoms with Crippen LogP contribution in [0.3, 0.4) is 0 Å². The number of ether oxygens (including phenoxy) is 2. The van der Waals surface area contributed by atoms with Gasteiger partial charge in [0.15, 0.2) is 11.4 Å². The monoisotopic (exact) mass is 386 g/mol. The SMILES string of the molecule is CCOCCOc1c(Cl)cccc1NC(=O)c1cnn(-c2ccccc2)n1. The summed E-state index contributed by atoms with van der Waals surface area (Å²) >= 11 is 6.21. The second kappa shape index (κ2) is 9.16. The number of carbonyl (C=O) groups excluding carboxylic acids is 1. The molecule has 27 heavy (non-hydrogen) atoms. The Hall–Kier alpha value is -2.90. The van der Waals surface area contributed by atoms with E-state index in [1.54, 1.807) is 18.2 Å². The van der Waals surface area contributed by atoms with Gasteiger partial charge in [-0.2, -0.15) is 9.90 Å². The van der Waals surface area contributed by atoms with E-state index in [0.29, 0.717) is 36.3 Å². The number of hydrogen-bond acceptors (Lipinski definition) is 5. The zero-order valence-electron chi connectivity index (χ0n) is 14.8. The molecule has 0 fully saturated rings. The van der Waals surface area contributed by atoms with Crippen molar-refractivity contribution in [3.8, 4) is 11.4 Å². The van der Waals surface area contributed by atoms with Crippen LogP contribution < -0.4 is 10.1 Å². The molecule has 3 aromatic rings. The van der Waals surface area contributed by atoms with Crippen molar-refractivity contribution < 1.29 is 14.3 Å². The minimum atomic E-state index is -0.408. The van der Waals surface area contributed by atoms with E-state index in [4.69, 9.17) is 21.1 Å². The second-order valence-corrected chi connectivity index (χ2v) is 5.88. The lowest BCUT2D eigenvalue weighted by Gasteiger charge is -2.13. The molecule has 0 bridgehead atoms. The average Bonchev–Trinajstić information content (AvgIpc) is 3.18. The van der Waals surface area contributed by atoms with E-state index in [9.17, 15) is 4.79 Å². The maximum Gasteiger partial charge on any atom is 0.277 e. The van der Waals surface area contributed by atoms with Gasteiger partial charge in [0, 0.05) is 6.61 Å². The van der Waals surface area contributed by atoms with Crippen molar-refractivity contribution in [3.63, 3.8) is 0 Å². The predicted molar refractivity (Wildman–Crippen MR) is 103 cm³/mol. The maximum absolute atomic E-state index is 12.5. The number of halogens is 1. The molecule has 140 valence electrons. The molecule has 7 nitrogen and oxygen atoms in total. The Morgan fingerprint density at radius 1 is 1.15 bits per heavy atom. The van der Waals surface area contributed by atoms with Gasteiger partial charge < -0.3 is 14.8 Å². The molecule has 0 aliphatic carbocycles. The van der Waals surface area contributed by atoms with Gasteiger partial charge >= 0.3 is 0 Å². The number of nitrogens with zero attached hydrogens (tertiary/aromatic N) is 3. The zero-order valence-corrected chi connectivity index (χ0v) is 15.5. The van der Waals surface area contributed by atoms with Crippen molar-refractivity contribution in [3.05, 3.63) is 65.4 Å². The Labute approximate surface area is 161 Å². The number of aromatic nitrogens is 3. The summed E-state index contributed by atoms with van der Waals surface area (Å²) in [7, 11) is 0. The number of amides is 1. The molecule has 0 spiro atoms. The molecule has 0 saturated heterocycles. The molecule has 1 N–H and O–H groups in total. The molecular weight excluding hydrogens is 368 g/mol. The molecule has 0 radical (unpaired) electrons. The zero-order chi connectivity index (χ0) is 19.1. The highest BCUT2D eigenvalue weighted by atomic mass is 35.5. The summed E-state index contributed by atoms with van der Waals surface area (Å²) < 4.78 is 10.9. The van der Waals surface area contributed by atoms with Crippen LogP contribution in [0.5, 0.6) is 5.75 Å². The van der Waals surface area contributed by atoms with E-state index in [0.717, 1.165) is 5.69 Å². The second-order valence-electron chi connectivity index (χ2n) is 5.47. The van der Waals surface area contributed by atoms with Gasteiger partial charge in [-0.05, 0) is 31.2 Å². The third-order valence-electron chi connectivity index (χ3n) is 3.61. The predicted octanol–water partition coefficient (Wildman–Crippen LogP) is 3.59. The maximum atomic E-state index is 12.5. The fourth-order valence-electron chi connectivity index (χ4n) is 2.34. The smallest absolute Gasteiger partial charge is 0.277 e. The third-order valence-corrected chi connectivity index (χ3v) is 3.90. The van der Waals surface area contributed by atoms with Crippen molar-refractivity contribution in [1.29, 1.82) is 0 Å². The van der Waals surface area contributed by atoms with Crippen LogP contribution in [-0.4, -0.2) is 40.7 Å². The highest BCUT2D eigenvalue weighted by Crippen LogP contribution is 2.33. The van der Waals surface area contributed by atoms with Gasteiger partial charge in [-0.25, -0.2) is 0 Å². The van der Waals surface area contributed by atoms with Crippen molar-refractivity contribution >= 4 is 23.2 Å². The molecule has 0 unspecified atom stereocenters. The van der Waals surface area contributed by atoms with Crippen molar-refractivity contribution in [1.82, 2.24) is 15.0 Å². The molecule has 2 aromatic carbocycles. The van der Waals surface area contributed by atoms with E-state index < -0.39 is 5.91 Å². The van der Waals surface area contributed by atoms with Gasteiger partial charge in [-0.1, -0.05) is 35.9 Å². The third kappa shape index (κ3) is 4.84. The summed E-state index contributed by atoms with van der Waals surface area (Å²) in [5, 5.41) is 11.5. The minimum Gasteiger partial charge on any atom is -0.487 e. The summed E-state index contributed by atoms with van der Waals surface area (Å²) in [4.78, 5) is 13.9. The van der Waals surface area contributed by atoms with E-state index in [1.807, 2.05) is 37.3 Å². The fourth-order valence-corrected chi connectivity index (χ4v) is 2.57. The van der Waals surface area contributed by atoms with E-state index in [2.05, 4.69) is 15.5 Å². The van der Waals surface area contributed by atoms with Gasteiger partial charge in [-0.15, -0.1) is 5.10 Å². The highest BCUT2D eigenvalue weighted by molar-refractivity contribution is 6.32. The van der Waals surface area contributed by atoms with Crippen molar-refractivity contribution in [2.24, 2.45) is 0 Å². The summed E-state index contributed by atoms with van der Waals surface area (Å²) in [5.41, 5.74) is 1.40. The van der Waals surface area contributed by atoms with Crippen LogP contribution in [0.15, 0.2) is 54.7 Å². The molecule has 8 heteroatoms. The number of rotatable bonds is 8. The Balaban J connectivity index is 1.73. The molecule has 1 heterocycles. The van der Waals surface area contributed by atoms with Gasteiger partial charge in [0.1, 0.15) is 6.61 Å². The van der Waals surface area contributed by atoms with Gasteiger partial charge in [0.2, 0.25) is 0 Å². The Morgan fingerprint density at radius 3 is 2.74 bits per heavy atom. The first-order valence-corrected chi connectivity index (χ1v) is 8.85. The van der Waals surface area contributed by atoms with Crippen molar-refractivity contribution in [2.45, 2.75) is 6.92 Å². The number of benzene rings is 2. The van der Waals surface area contributed by atoms with Crippen LogP contribution in [0.25, 0.3) is 5.69 Å². The Bertz CT molecular complexity index is 899. The number of anilines is 1. The first-order valence-electron chi connectivity index (χ1n) is 8.47. The molecule has 3 rings (SSSR count). The number of para-hydroxylation sites is 2. The van der Waals surface area contributed by atoms with E-state index in [1.165, 1.54) is 11.0 Å². The lowest BCUT2D eigenvalue weighted by atomic mass is 10.2. The Morgan fingerprint density at radius 2 is 1.96 bits per heavy atom. The van der Waals surface area contributed by atoms with Gasteiger partial charge in [0.25, 0.3) is 5.91 Å². The first kappa shape index (κ1) is 18.9. The number of hydrogen-bond donors (Lipinski definition) is 1. The molecule has 0 aliphatic heterocycles. The van der Waals surface area contributed by atoms with E-state index >= 15 is 0 Å². The van der Waals surface area contributed by atoms with Gasteiger partial charge in [-0.3, -0.25) is 4.79 Å². The average molecular weight is 387 g/mol. The molecular formula is C19H19ClN4O3. The largest absolute Gasteiger partial charge is 0.487 e. The number of carbonyl (C=O) groups is 1. The van der Waals surface area contributed by atoms with E-state index in [-0.39, 0.29) is 5.69 Å². The summed E-state index contributed by atoms with van der Waals surface area (Å²) in [6.07, 6.45) is 1.41. The van der Waals surface area contributed by atoms with Gasteiger partial charge in [0.05, 0.1) is 29.2 Å². The fraction of sp³-hybridized carbons (Fsp3) is 0.211. The van der Waals surface area contributed by atoms with Crippen LogP contribution in [-0.2, 0) is 4.74 Å². The van der Waals surface area contributed by atoms with Crippen LogP contribution in [0.1, 0.15) is 17.4 Å². The minimum absolute atomic E-state index is 0.180. The standard InChI is InChI=1S/C19H19ClN4O3/c1-2-26-11-12-27-18-15(20)9-6-10-16(18)22-19(25)17-13-21-24(23-17)14-7-4-3-5-8-14/h3-10,13H,2,11-12H2,1H3,(H,22,25). The van der Waals surface area contributed by atoms with Crippen LogP contribution in [0.4, 0.5) is 5.69 Å². The van der Waals surface area contributed by atoms with Crippen molar-refractivity contribution in [2.75, 3.05) is 25.1 Å². The summed E-state index contributed by atoms with van der Waals surface area (Å²) in [6, 6.07) is 14.5. The molecule has 0 saturated carbocycles. The topological polar surface area (TPSA) is 78.3 Å². The summed E-state index contributed by atoms with van der Waals surface area (Å²) in [6.45, 7) is 3.27. The lowest BCUT2D eigenvalue weighted by molar-refractivity contribution is 0.101. The molecule has 0 atom stereocenters. The molecule has 0 aliphatic rings. The lowest BCUT2D eigenvalue weighted by Crippen LogP contribution is -2.15. The van der Waals surface area contributed by atoms with Crippen LogP contribution in [0.2, 0.25) is 5.02 Å². The molecule has 1 aromatic heterocycles. The highest BCUT2D eigenvalue weighted by Gasteiger charge is 2.16. The first-order chi connectivity index (χ1) is 13.2.